The summed E-state index contributed by atoms with van der Waals surface area (Å²) in [7, 11) is 0. The minimum atomic E-state index is -0.494. The van der Waals surface area contributed by atoms with E-state index >= 15 is 0 Å². The molecule has 2 fully saturated rings. The maximum Gasteiger partial charge on any atom is 0.323 e. The summed E-state index contributed by atoms with van der Waals surface area (Å²) in [5, 5.41) is 0. The predicted molar refractivity (Wildman–Crippen MR) is 128 cm³/mol. The molecule has 0 amide bonds. The van der Waals surface area contributed by atoms with Gasteiger partial charge in [0.25, 0.3) is 0 Å². The number of esters is 2. The highest BCUT2D eigenvalue weighted by atomic mass is 16.6. The average molecular weight is 457 g/mol. The van der Waals surface area contributed by atoms with Crippen molar-refractivity contribution in [1.29, 1.82) is 0 Å². The molecule has 0 aromatic carbocycles. The maximum atomic E-state index is 11.8. The summed E-state index contributed by atoms with van der Waals surface area (Å²) < 4.78 is 10.6. The summed E-state index contributed by atoms with van der Waals surface area (Å²) in [6.45, 7) is 11.1. The van der Waals surface area contributed by atoms with Crippen molar-refractivity contribution in [2.75, 3.05) is 0 Å². The maximum absolute atomic E-state index is 11.8. The van der Waals surface area contributed by atoms with E-state index < -0.39 is 23.3 Å². The van der Waals surface area contributed by atoms with E-state index in [1.54, 1.807) is 0 Å². The second-order valence-corrected chi connectivity index (χ2v) is 11.5. The number of rotatable bonds is 4. The van der Waals surface area contributed by atoms with Gasteiger partial charge in [-0.05, 0) is 105 Å². The topological polar surface area (TPSA) is 157 Å². The molecule has 2 aliphatic carbocycles. The van der Waals surface area contributed by atoms with Crippen LogP contribution in [0.2, 0.25) is 0 Å². The van der Waals surface area contributed by atoms with Crippen LogP contribution in [0.5, 0.6) is 0 Å². The quantitative estimate of drug-likeness (QED) is 0.469. The van der Waals surface area contributed by atoms with Crippen LogP contribution in [0.3, 0.4) is 0 Å². The highest BCUT2D eigenvalue weighted by Gasteiger charge is 2.32. The fraction of sp³-hybridized carbons (Fsp3) is 0.917. The Kier molecular flexibility index (Phi) is 11.1. The highest BCUT2D eigenvalue weighted by molar-refractivity contribution is 5.76. The Hall–Kier alpha value is -1.22. The number of carbonyl (C=O) groups excluding carboxylic acids is 2. The molecule has 8 heteroatoms. The molecule has 2 rings (SSSR count). The molecule has 0 radical (unpaired) electrons. The standard InChI is InChI=1S/2C12H24N2O2/c2*1-12(2,3)16-11(15)10(14)8-4-6-9(13)7-5-8/h2*8-10H,4-7,13-14H2,1-3H3. The molecule has 32 heavy (non-hydrogen) atoms. The average Bonchev–Trinajstić information content (AvgIpc) is 2.66. The van der Waals surface area contributed by atoms with Gasteiger partial charge in [0.15, 0.2) is 0 Å². The van der Waals surface area contributed by atoms with Crippen LogP contribution < -0.4 is 22.9 Å². The summed E-state index contributed by atoms with van der Waals surface area (Å²) in [5.41, 5.74) is 22.6. The van der Waals surface area contributed by atoms with Crippen LogP contribution in [0.4, 0.5) is 0 Å². The molecule has 188 valence electrons. The molecule has 0 aromatic heterocycles. The van der Waals surface area contributed by atoms with E-state index in [1.165, 1.54) is 0 Å². The SMILES string of the molecule is CC(C)(C)OC(=O)C(N)C1CCC(N)CC1.CC(C)(C)OC(=O)C(N)C1CCC(N)CC1. The Morgan fingerprint density at radius 3 is 1.09 bits per heavy atom. The number of hydrogen-bond donors (Lipinski definition) is 4. The molecule has 2 saturated carbocycles. The van der Waals surface area contributed by atoms with E-state index in [2.05, 4.69) is 0 Å². The van der Waals surface area contributed by atoms with Crippen molar-refractivity contribution >= 4 is 11.9 Å². The summed E-state index contributed by atoms with van der Waals surface area (Å²) in [4.78, 5) is 23.5. The van der Waals surface area contributed by atoms with Gasteiger partial charge in [0, 0.05) is 12.1 Å². The number of ether oxygens (including phenoxy) is 2. The smallest absolute Gasteiger partial charge is 0.323 e. The lowest BCUT2D eigenvalue weighted by atomic mass is 9.82. The van der Waals surface area contributed by atoms with Gasteiger partial charge < -0.3 is 32.4 Å². The molecule has 0 aliphatic heterocycles. The number of carbonyl (C=O) groups is 2. The Balaban J connectivity index is 0.000000320. The highest BCUT2D eigenvalue weighted by Crippen LogP contribution is 2.27. The van der Waals surface area contributed by atoms with Gasteiger partial charge in [-0.15, -0.1) is 0 Å². The van der Waals surface area contributed by atoms with Crippen molar-refractivity contribution in [3.05, 3.63) is 0 Å². The molecule has 8 N–H and O–H groups in total. The van der Waals surface area contributed by atoms with Crippen molar-refractivity contribution in [1.82, 2.24) is 0 Å². The Labute approximate surface area is 194 Å². The summed E-state index contributed by atoms with van der Waals surface area (Å²) in [5.74, 6) is -0.106. The lowest BCUT2D eigenvalue weighted by Crippen LogP contribution is -2.44. The van der Waals surface area contributed by atoms with E-state index in [1.807, 2.05) is 41.5 Å². The molecule has 8 nitrogen and oxygen atoms in total. The molecule has 2 atom stereocenters. The van der Waals surface area contributed by atoms with Crippen LogP contribution in [-0.4, -0.2) is 47.3 Å². The molecule has 0 heterocycles. The van der Waals surface area contributed by atoms with E-state index in [-0.39, 0.29) is 35.9 Å². The molecule has 0 bridgehead atoms. The lowest BCUT2D eigenvalue weighted by molar-refractivity contribution is -0.159. The number of nitrogens with two attached hydrogens (primary N) is 4. The summed E-state index contributed by atoms with van der Waals surface area (Å²) in [6, 6.07) is -0.428. The van der Waals surface area contributed by atoms with Crippen LogP contribution in [0.15, 0.2) is 0 Å². The third-order valence-electron chi connectivity index (χ3n) is 6.01. The fourth-order valence-corrected chi connectivity index (χ4v) is 4.13. The summed E-state index contributed by atoms with van der Waals surface area (Å²) in [6.07, 6.45) is 7.57. The van der Waals surface area contributed by atoms with Crippen molar-refractivity contribution in [2.45, 2.75) is 128 Å². The largest absolute Gasteiger partial charge is 0.459 e. The second kappa shape index (κ2) is 12.3. The van der Waals surface area contributed by atoms with Gasteiger partial charge in [-0.2, -0.15) is 0 Å². The van der Waals surface area contributed by atoms with E-state index in [0.717, 1.165) is 51.4 Å². The normalized spacial score (nSPS) is 28.6. The number of hydrogen-bond acceptors (Lipinski definition) is 8. The lowest BCUT2D eigenvalue weighted by Gasteiger charge is -2.31. The van der Waals surface area contributed by atoms with Crippen LogP contribution >= 0.6 is 0 Å². The molecular formula is C24H48N4O4. The van der Waals surface area contributed by atoms with Crippen LogP contribution in [-0.2, 0) is 19.1 Å². The second-order valence-electron chi connectivity index (χ2n) is 11.5. The van der Waals surface area contributed by atoms with Crippen molar-refractivity contribution in [2.24, 2.45) is 34.8 Å². The first kappa shape index (κ1) is 28.8. The first-order valence-electron chi connectivity index (χ1n) is 12.1. The third kappa shape index (κ3) is 11.1. The zero-order valence-electron chi connectivity index (χ0n) is 21.1. The molecular weight excluding hydrogens is 408 g/mol. The first-order valence-corrected chi connectivity index (χ1v) is 12.1. The van der Waals surface area contributed by atoms with Crippen molar-refractivity contribution < 1.29 is 19.1 Å². The third-order valence-corrected chi connectivity index (χ3v) is 6.01. The Morgan fingerprint density at radius 1 is 0.625 bits per heavy atom. The van der Waals surface area contributed by atoms with E-state index in [0.29, 0.717) is 0 Å². The van der Waals surface area contributed by atoms with Gasteiger partial charge >= 0.3 is 11.9 Å². The first-order chi connectivity index (χ1) is 14.6. The van der Waals surface area contributed by atoms with Gasteiger partial charge in [0.05, 0.1) is 0 Å². The zero-order chi connectivity index (χ0) is 24.7. The predicted octanol–water partition coefficient (Wildman–Crippen LogP) is 2.35. The summed E-state index contributed by atoms with van der Waals surface area (Å²) >= 11 is 0. The van der Waals surface area contributed by atoms with Crippen LogP contribution in [0, 0.1) is 11.8 Å². The zero-order valence-corrected chi connectivity index (χ0v) is 21.1. The molecule has 0 spiro atoms. The molecule has 2 unspecified atom stereocenters. The Bertz CT molecular complexity index is 532. The molecule has 0 aromatic rings. The van der Waals surface area contributed by atoms with Gasteiger partial charge in [-0.3, -0.25) is 9.59 Å². The monoisotopic (exact) mass is 456 g/mol. The van der Waals surface area contributed by atoms with Gasteiger partial charge in [-0.1, -0.05) is 0 Å². The fourth-order valence-electron chi connectivity index (χ4n) is 4.13. The van der Waals surface area contributed by atoms with Crippen molar-refractivity contribution in [3.63, 3.8) is 0 Å². The molecule has 2 aliphatic rings. The minimum absolute atomic E-state index is 0.231. The van der Waals surface area contributed by atoms with Crippen LogP contribution in [0.1, 0.15) is 92.9 Å². The Morgan fingerprint density at radius 2 is 0.875 bits per heavy atom. The van der Waals surface area contributed by atoms with Gasteiger partial charge in [0.1, 0.15) is 23.3 Å². The van der Waals surface area contributed by atoms with Gasteiger partial charge in [-0.25, -0.2) is 0 Å². The van der Waals surface area contributed by atoms with E-state index in [4.69, 9.17) is 32.4 Å². The van der Waals surface area contributed by atoms with Crippen LogP contribution in [0.25, 0.3) is 0 Å². The van der Waals surface area contributed by atoms with Gasteiger partial charge in [0.2, 0.25) is 0 Å². The van der Waals surface area contributed by atoms with E-state index in [9.17, 15) is 9.59 Å². The molecule has 0 saturated heterocycles. The minimum Gasteiger partial charge on any atom is -0.459 e. The van der Waals surface area contributed by atoms with Crippen molar-refractivity contribution in [3.8, 4) is 0 Å².